The standard InChI is InChI=1S/C17H18BrNO2/c1-12(14-5-3-2-4-6-14)19-11-13-9-15(18)17-16(10-13)20-7-8-21-17/h2-6,9-10,12,19H,7-8,11H2,1H3/t12-/m0/s1. The number of benzene rings is 2. The largest absolute Gasteiger partial charge is 0.486 e. The van der Waals surface area contributed by atoms with E-state index in [-0.39, 0.29) is 0 Å². The van der Waals surface area contributed by atoms with E-state index in [0.29, 0.717) is 19.3 Å². The summed E-state index contributed by atoms with van der Waals surface area (Å²) in [4.78, 5) is 0. The highest BCUT2D eigenvalue weighted by molar-refractivity contribution is 9.10. The molecule has 110 valence electrons. The summed E-state index contributed by atoms with van der Waals surface area (Å²) in [6.07, 6.45) is 0. The van der Waals surface area contributed by atoms with Gasteiger partial charge in [0, 0.05) is 12.6 Å². The molecular formula is C17H18BrNO2. The second-order valence-electron chi connectivity index (χ2n) is 5.12. The van der Waals surface area contributed by atoms with Gasteiger partial charge in [-0.25, -0.2) is 0 Å². The average Bonchev–Trinajstić information content (AvgIpc) is 2.53. The van der Waals surface area contributed by atoms with E-state index in [4.69, 9.17) is 9.47 Å². The third kappa shape index (κ3) is 3.39. The van der Waals surface area contributed by atoms with Gasteiger partial charge in [-0.15, -0.1) is 0 Å². The third-order valence-corrected chi connectivity index (χ3v) is 4.16. The lowest BCUT2D eigenvalue weighted by atomic mass is 10.1. The summed E-state index contributed by atoms with van der Waals surface area (Å²) in [7, 11) is 0. The Morgan fingerprint density at radius 1 is 1.14 bits per heavy atom. The molecule has 1 aliphatic rings. The predicted octanol–water partition coefficient (Wildman–Crippen LogP) is 4.07. The van der Waals surface area contributed by atoms with Crippen molar-refractivity contribution in [1.29, 1.82) is 0 Å². The number of hydrogen-bond donors (Lipinski definition) is 1. The van der Waals surface area contributed by atoms with Crippen LogP contribution in [-0.4, -0.2) is 13.2 Å². The van der Waals surface area contributed by atoms with Gasteiger partial charge < -0.3 is 14.8 Å². The molecule has 0 aromatic heterocycles. The van der Waals surface area contributed by atoms with Crippen LogP contribution in [0.15, 0.2) is 46.9 Å². The van der Waals surface area contributed by atoms with Crippen LogP contribution in [0.1, 0.15) is 24.1 Å². The summed E-state index contributed by atoms with van der Waals surface area (Å²) in [5.41, 5.74) is 2.46. The molecule has 0 radical (unpaired) electrons. The zero-order chi connectivity index (χ0) is 14.7. The Bertz CT molecular complexity index is 616. The molecule has 0 bridgehead atoms. The fraction of sp³-hybridized carbons (Fsp3) is 0.294. The van der Waals surface area contributed by atoms with Crippen LogP contribution in [0.4, 0.5) is 0 Å². The van der Waals surface area contributed by atoms with Gasteiger partial charge in [0.2, 0.25) is 0 Å². The summed E-state index contributed by atoms with van der Waals surface area (Å²) < 4.78 is 12.2. The second-order valence-corrected chi connectivity index (χ2v) is 5.97. The summed E-state index contributed by atoms with van der Waals surface area (Å²) in [6.45, 7) is 4.17. The first-order valence-electron chi connectivity index (χ1n) is 7.10. The second kappa shape index (κ2) is 6.50. The molecule has 0 saturated heterocycles. The lowest BCUT2D eigenvalue weighted by molar-refractivity contribution is 0.170. The van der Waals surface area contributed by atoms with Crippen LogP contribution >= 0.6 is 15.9 Å². The van der Waals surface area contributed by atoms with E-state index in [1.807, 2.05) is 12.1 Å². The third-order valence-electron chi connectivity index (χ3n) is 3.57. The molecule has 2 aromatic rings. The van der Waals surface area contributed by atoms with Crippen molar-refractivity contribution in [2.75, 3.05) is 13.2 Å². The van der Waals surface area contributed by atoms with E-state index in [1.54, 1.807) is 0 Å². The van der Waals surface area contributed by atoms with Crippen LogP contribution < -0.4 is 14.8 Å². The number of hydrogen-bond acceptors (Lipinski definition) is 3. The maximum Gasteiger partial charge on any atom is 0.175 e. The van der Waals surface area contributed by atoms with E-state index in [1.165, 1.54) is 11.1 Å². The summed E-state index contributed by atoms with van der Waals surface area (Å²) >= 11 is 3.55. The average molecular weight is 348 g/mol. The van der Waals surface area contributed by atoms with Crippen molar-refractivity contribution >= 4 is 15.9 Å². The molecule has 4 heteroatoms. The van der Waals surface area contributed by atoms with Crippen LogP contribution in [0.5, 0.6) is 11.5 Å². The molecule has 0 spiro atoms. The van der Waals surface area contributed by atoms with Crippen molar-refractivity contribution in [2.24, 2.45) is 0 Å². The van der Waals surface area contributed by atoms with Crippen LogP contribution in [0.3, 0.4) is 0 Å². The summed E-state index contributed by atoms with van der Waals surface area (Å²) in [5.74, 6) is 1.63. The minimum atomic E-state index is 0.304. The van der Waals surface area contributed by atoms with Crippen molar-refractivity contribution < 1.29 is 9.47 Å². The highest BCUT2D eigenvalue weighted by atomic mass is 79.9. The Morgan fingerprint density at radius 3 is 2.71 bits per heavy atom. The van der Waals surface area contributed by atoms with Gasteiger partial charge in [-0.05, 0) is 46.1 Å². The lowest BCUT2D eigenvalue weighted by Gasteiger charge is -2.21. The molecule has 1 N–H and O–H groups in total. The zero-order valence-electron chi connectivity index (χ0n) is 11.9. The van der Waals surface area contributed by atoms with E-state index in [2.05, 4.69) is 58.5 Å². The summed E-state index contributed by atoms with van der Waals surface area (Å²) in [6, 6.07) is 14.9. The van der Waals surface area contributed by atoms with Crippen molar-refractivity contribution in [1.82, 2.24) is 5.32 Å². The number of ether oxygens (including phenoxy) is 2. The first-order valence-corrected chi connectivity index (χ1v) is 7.89. The summed E-state index contributed by atoms with van der Waals surface area (Å²) in [5, 5.41) is 3.53. The molecule has 3 rings (SSSR count). The Morgan fingerprint density at radius 2 is 1.90 bits per heavy atom. The van der Waals surface area contributed by atoms with Crippen molar-refractivity contribution in [3.8, 4) is 11.5 Å². The van der Waals surface area contributed by atoms with Crippen LogP contribution in [-0.2, 0) is 6.54 Å². The van der Waals surface area contributed by atoms with Gasteiger partial charge in [-0.1, -0.05) is 30.3 Å². The van der Waals surface area contributed by atoms with Crippen LogP contribution in [0.2, 0.25) is 0 Å². The van der Waals surface area contributed by atoms with Crippen molar-refractivity contribution in [3.63, 3.8) is 0 Å². The molecule has 2 aromatic carbocycles. The molecule has 1 aliphatic heterocycles. The fourth-order valence-electron chi connectivity index (χ4n) is 2.40. The Hall–Kier alpha value is -1.52. The van der Waals surface area contributed by atoms with Crippen molar-refractivity contribution in [3.05, 3.63) is 58.1 Å². The Labute approximate surface area is 133 Å². The van der Waals surface area contributed by atoms with Gasteiger partial charge in [0.15, 0.2) is 11.5 Å². The molecule has 0 amide bonds. The van der Waals surface area contributed by atoms with Crippen molar-refractivity contribution in [2.45, 2.75) is 19.5 Å². The SMILES string of the molecule is C[C@H](NCc1cc(Br)c2c(c1)OCCO2)c1ccccc1. The maximum absolute atomic E-state index is 5.65. The minimum absolute atomic E-state index is 0.304. The monoisotopic (exact) mass is 347 g/mol. The molecule has 0 fully saturated rings. The van der Waals surface area contributed by atoms with Crippen LogP contribution in [0.25, 0.3) is 0 Å². The first kappa shape index (κ1) is 14.4. The highest BCUT2D eigenvalue weighted by Gasteiger charge is 2.16. The minimum Gasteiger partial charge on any atom is -0.486 e. The predicted molar refractivity (Wildman–Crippen MR) is 86.8 cm³/mol. The van der Waals surface area contributed by atoms with Gasteiger partial charge in [-0.3, -0.25) is 0 Å². The number of nitrogens with one attached hydrogen (secondary N) is 1. The molecule has 3 nitrogen and oxygen atoms in total. The van der Waals surface area contributed by atoms with E-state index in [0.717, 1.165) is 22.5 Å². The topological polar surface area (TPSA) is 30.5 Å². The zero-order valence-corrected chi connectivity index (χ0v) is 13.5. The van der Waals surface area contributed by atoms with E-state index < -0.39 is 0 Å². The Kier molecular flexibility index (Phi) is 4.46. The number of rotatable bonds is 4. The van der Waals surface area contributed by atoms with Gasteiger partial charge in [0.25, 0.3) is 0 Å². The first-order chi connectivity index (χ1) is 10.2. The number of halogens is 1. The lowest BCUT2D eigenvalue weighted by Crippen LogP contribution is -2.19. The number of fused-ring (bicyclic) bond motifs is 1. The maximum atomic E-state index is 5.65. The van der Waals surface area contributed by atoms with Gasteiger partial charge in [0.05, 0.1) is 4.47 Å². The molecule has 21 heavy (non-hydrogen) atoms. The molecule has 0 saturated carbocycles. The quantitative estimate of drug-likeness (QED) is 0.904. The molecule has 1 heterocycles. The van der Waals surface area contributed by atoms with Gasteiger partial charge >= 0.3 is 0 Å². The van der Waals surface area contributed by atoms with Gasteiger partial charge in [0.1, 0.15) is 13.2 Å². The molecule has 1 atom stereocenters. The fourth-order valence-corrected chi connectivity index (χ4v) is 3.00. The molecule has 0 unspecified atom stereocenters. The highest BCUT2D eigenvalue weighted by Crippen LogP contribution is 2.38. The van der Waals surface area contributed by atoms with Gasteiger partial charge in [-0.2, -0.15) is 0 Å². The van der Waals surface area contributed by atoms with E-state index in [9.17, 15) is 0 Å². The van der Waals surface area contributed by atoms with Crippen LogP contribution in [0, 0.1) is 0 Å². The smallest absolute Gasteiger partial charge is 0.175 e. The van der Waals surface area contributed by atoms with E-state index >= 15 is 0 Å². The normalized spacial score (nSPS) is 14.8. The molecular weight excluding hydrogens is 330 g/mol. The Balaban J connectivity index is 1.69. The molecule has 0 aliphatic carbocycles.